The fraction of sp³-hybridized carbons (Fsp3) is 0.250. The first-order chi connectivity index (χ1) is 13.1. The van der Waals surface area contributed by atoms with Crippen LogP contribution in [0.25, 0.3) is 10.9 Å². The quantitative estimate of drug-likeness (QED) is 0.645. The number of fused-ring (bicyclic) bond motifs is 1. The molecule has 0 bridgehead atoms. The number of pyridine rings is 1. The molecular weight excluding hydrogens is 348 g/mol. The topological polar surface area (TPSA) is 90.7 Å². The minimum Gasteiger partial charge on any atom is -0.467 e. The van der Waals surface area contributed by atoms with Crippen LogP contribution < -0.4 is 5.32 Å². The molecule has 0 saturated heterocycles. The van der Waals surface area contributed by atoms with Crippen LogP contribution in [0.3, 0.4) is 0 Å². The van der Waals surface area contributed by atoms with Crippen LogP contribution in [0.2, 0.25) is 0 Å². The maximum absolute atomic E-state index is 12.6. The molecule has 0 unspecified atom stereocenters. The average molecular weight is 368 g/mol. The summed E-state index contributed by atoms with van der Waals surface area (Å²) < 4.78 is 15.5. The summed E-state index contributed by atoms with van der Waals surface area (Å²) in [5.74, 6) is -0.406. The molecule has 0 atom stereocenters. The van der Waals surface area contributed by atoms with Crippen molar-refractivity contribution in [2.75, 3.05) is 13.7 Å². The van der Waals surface area contributed by atoms with Crippen LogP contribution in [0.5, 0.6) is 0 Å². The number of rotatable bonds is 7. The Morgan fingerprint density at radius 1 is 1.19 bits per heavy atom. The van der Waals surface area contributed by atoms with Crippen molar-refractivity contribution in [1.29, 1.82) is 0 Å². The zero-order chi connectivity index (χ0) is 19.2. The Hall–Kier alpha value is -3.19. The lowest BCUT2D eigenvalue weighted by molar-refractivity contribution is -0.124. The van der Waals surface area contributed by atoms with Gasteiger partial charge in [-0.1, -0.05) is 18.2 Å². The summed E-state index contributed by atoms with van der Waals surface area (Å²) in [7, 11) is 1.53. The Balaban J connectivity index is 1.73. The standard InChI is InChI=1S/C20H20N2O5/c1-13-15-7-3-4-8-16(15)22-17(11-25-2)19(13)20(24)27-12-18(23)21-10-14-6-5-9-26-14/h3-9H,10-12H2,1-2H3,(H,21,23). The SMILES string of the molecule is COCc1nc2ccccc2c(C)c1C(=O)OCC(=O)NCc1ccco1. The lowest BCUT2D eigenvalue weighted by Crippen LogP contribution is -2.28. The number of benzene rings is 1. The fourth-order valence-corrected chi connectivity index (χ4v) is 2.81. The van der Waals surface area contributed by atoms with Crippen LogP contribution in [0, 0.1) is 6.92 Å². The van der Waals surface area contributed by atoms with E-state index in [2.05, 4.69) is 10.3 Å². The number of esters is 1. The largest absolute Gasteiger partial charge is 0.467 e. The summed E-state index contributed by atoms with van der Waals surface area (Å²) in [6, 6.07) is 11.0. The van der Waals surface area contributed by atoms with E-state index in [1.807, 2.05) is 31.2 Å². The molecule has 1 N–H and O–H groups in total. The van der Waals surface area contributed by atoms with Gasteiger partial charge in [-0.3, -0.25) is 4.79 Å². The molecule has 7 heteroatoms. The molecule has 2 aromatic heterocycles. The second-order valence-electron chi connectivity index (χ2n) is 5.94. The second-order valence-corrected chi connectivity index (χ2v) is 5.94. The lowest BCUT2D eigenvalue weighted by atomic mass is 10.0. The number of carbonyl (C=O) groups is 2. The number of aryl methyl sites for hydroxylation is 1. The highest BCUT2D eigenvalue weighted by Crippen LogP contribution is 2.24. The van der Waals surface area contributed by atoms with E-state index in [9.17, 15) is 9.59 Å². The minimum absolute atomic E-state index is 0.167. The van der Waals surface area contributed by atoms with Crippen molar-refractivity contribution in [3.8, 4) is 0 Å². The second kappa shape index (κ2) is 8.46. The highest BCUT2D eigenvalue weighted by Gasteiger charge is 2.21. The van der Waals surface area contributed by atoms with Gasteiger partial charge in [0.25, 0.3) is 5.91 Å². The molecule has 0 aliphatic rings. The van der Waals surface area contributed by atoms with Gasteiger partial charge >= 0.3 is 5.97 Å². The average Bonchev–Trinajstić information content (AvgIpc) is 3.18. The molecule has 1 amide bonds. The van der Waals surface area contributed by atoms with Gasteiger partial charge in [0.1, 0.15) is 5.76 Å². The van der Waals surface area contributed by atoms with Crippen molar-refractivity contribution in [1.82, 2.24) is 10.3 Å². The Morgan fingerprint density at radius 3 is 2.74 bits per heavy atom. The van der Waals surface area contributed by atoms with Crippen molar-refractivity contribution in [3.63, 3.8) is 0 Å². The van der Waals surface area contributed by atoms with Crippen LogP contribution in [0.1, 0.15) is 27.4 Å². The van der Waals surface area contributed by atoms with Crippen LogP contribution in [-0.4, -0.2) is 30.6 Å². The van der Waals surface area contributed by atoms with Gasteiger partial charge in [-0.15, -0.1) is 0 Å². The van der Waals surface area contributed by atoms with Crippen LogP contribution in [-0.2, 0) is 27.4 Å². The Bertz CT molecular complexity index is 950. The molecule has 0 aliphatic carbocycles. The maximum atomic E-state index is 12.6. The lowest BCUT2D eigenvalue weighted by Gasteiger charge is -2.13. The number of hydrogen-bond acceptors (Lipinski definition) is 6. The fourth-order valence-electron chi connectivity index (χ4n) is 2.81. The highest BCUT2D eigenvalue weighted by atomic mass is 16.5. The molecule has 140 valence electrons. The van der Waals surface area contributed by atoms with Crippen molar-refractivity contribution >= 4 is 22.8 Å². The predicted molar refractivity (Wildman–Crippen MR) is 98.0 cm³/mol. The minimum atomic E-state index is -0.606. The van der Waals surface area contributed by atoms with Crippen LogP contribution in [0.4, 0.5) is 0 Å². The summed E-state index contributed by atoms with van der Waals surface area (Å²) in [6.45, 7) is 1.84. The van der Waals surface area contributed by atoms with Gasteiger partial charge in [-0.05, 0) is 30.7 Å². The molecule has 0 fully saturated rings. The van der Waals surface area contributed by atoms with E-state index in [1.165, 1.54) is 13.4 Å². The number of furan rings is 1. The zero-order valence-electron chi connectivity index (χ0n) is 15.2. The van der Waals surface area contributed by atoms with E-state index < -0.39 is 18.5 Å². The molecule has 0 saturated carbocycles. The molecule has 0 spiro atoms. The van der Waals surface area contributed by atoms with Gasteiger partial charge in [0.15, 0.2) is 6.61 Å². The number of hydrogen-bond donors (Lipinski definition) is 1. The normalized spacial score (nSPS) is 10.7. The third-order valence-corrected chi connectivity index (χ3v) is 4.09. The van der Waals surface area contributed by atoms with E-state index in [4.69, 9.17) is 13.9 Å². The summed E-state index contributed by atoms with van der Waals surface area (Å²) >= 11 is 0. The molecule has 3 aromatic rings. The van der Waals surface area contributed by atoms with E-state index >= 15 is 0 Å². The smallest absolute Gasteiger partial charge is 0.340 e. The summed E-state index contributed by atoms with van der Waals surface area (Å²) in [5.41, 5.74) is 2.33. The third kappa shape index (κ3) is 4.32. The zero-order valence-corrected chi connectivity index (χ0v) is 15.2. The van der Waals surface area contributed by atoms with Gasteiger partial charge < -0.3 is 19.2 Å². The number of methoxy groups -OCH3 is 1. The van der Waals surface area contributed by atoms with E-state index in [-0.39, 0.29) is 13.2 Å². The number of para-hydroxylation sites is 1. The molecule has 27 heavy (non-hydrogen) atoms. The highest BCUT2D eigenvalue weighted by molar-refractivity contribution is 5.99. The first kappa shape index (κ1) is 18.6. The number of ether oxygens (including phenoxy) is 2. The molecule has 0 aliphatic heterocycles. The molecule has 0 radical (unpaired) electrons. The summed E-state index contributed by atoms with van der Waals surface area (Å²) in [4.78, 5) is 29.0. The Morgan fingerprint density at radius 2 is 2.00 bits per heavy atom. The predicted octanol–water partition coefficient (Wildman–Crippen LogP) is 2.76. The van der Waals surface area contributed by atoms with Crippen LogP contribution >= 0.6 is 0 Å². The van der Waals surface area contributed by atoms with E-state index in [0.717, 1.165) is 16.5 Å². The molecule has 2 heterocycles. The van der Waals surface area contributed by atoms with Crippen LogP contribution in [0.15, 0.2) is 47.1 Å². The maximum Gasteiger partial charge on any atom is 0.340 e. The van der Waals surface area contributed by atoms with E-state index in [1.54, 1.807) is 12.1 Å². The van der Waals surface area contributed by atoms with Gasteiger partial charge in [0, 0.05) is 12.5 Å². The third-order valence-electron chi connectivity index (χ3n) is 4.09. The van der Waals surface area contributed by atoms with Gasteiger partial charge in [0.05, 0.1) is 36.2 Å². The van der Waals surface area contributed by atoms with Crippen molar-refractivity contribution in [2.24, 2.45) is 0 Å². The molecule has 7 nitrogen and oxygen atoms in total. The van der Waals surface area contributed by atoms with E-state index in [0.29, 0.717) is 17.0 Å². The van der Waals surface area contributed by atoms with Gasteiger partial charge in [-0.25, -0.2) is 9.78 Å². The number of amides is 1. The van der Waals surface area contributed by atoms with Gasteiger partial charge in [0.2, 0.25) is 0 Å². The van der Waals surface area contributed by atoms with Gasteiger partial charge in [-0.2, -0.15) is 0 Å². The first-order valence-corrected chi connectivity index (χ1v) is 8.43. The number of carbonyl (C=O) groups excluding carboxylic acids is 2. The van der Waals surface area contributed by atoms with Crippen molar-refractivity contribution in [3.05, 3.63) is 65.2 Å². The monoisotopic (exact) mass is 368 g/mol. The summed E-state index contributed by atoms with van der Waals surface area (Å²) in [5, 5.41) is 3.48. The first-order valence-electron chi connectivity index (χ1n) is 8.43. The Kier molecular flexibility index (Phi) is 5.83. The molecule has 3 rings (SSSR count). The summed E-state index contributed by atoms with van der Waals surface area (Å²) in [6.07, 6.45) is 1.52. The van der Waals surface area contributed by atoms with Crippen molar-refractivity contribution in [2.45, 2.75) is 20.1 Å². The number of nitrogens with zero attached hydrogens (tertiary/aromatic N) is 1. The van der Waals surface area contributed by atoms with Crippen molar-refractivity contribution < 1.29 is 23.5 Å². The Labute approximate surface area is 156 Å². The number of nitrogens with one attached hydrogen (secondary N) is 1. The molecular formula is C20H20N2O5. The number of aromatic nitrogens is 1. The molecule has 1 aromatic carbocycles.